The Bertz CT molecular complexity index is 1490. The van der Waals surface area contributed by atoms with Crippen molar-refractivity contribution in [2.24, 2.45) is 10.9 Å². The molecule has 1 unspecified atom stereocenters. The van der Waals surface area contributed by atoms with Crippen molar-refractivity contribution in [3.05, 3.63) is 107 Å². The number of fused-ring (bicyclic) bond motifs is 6. The lowest BCUT2D eigenvalue weighted by molar-refractivity contribution is 0.120. The second kappa shape index (κ2) is 11.7. The summed E-state index contributed by atoms with van der Waals surface area (Å²) in [4.78, 5) is 9.13. The van der Waals surface area contributed by atoms with Crippen LogP contribution < -0.4 is 4.74 Å². The van der Waals surface area contributed by atoms with E-state index < -0.39 is 5.60 Å². The van der Waals surface area contributed by atoms with Gasteiger partial charge >= 0.3 is 0 Å². The quantitative estimate of drug-likeness (QED) is 0.286. The Morgan fingerprint density at radius 3 is 2.58 bits per heavy atom. The van der Waals surface area contributed by atoms with Crippen LogP contribution in [0.1, 0.15) is 56.9 Å². The normalized spacial score (nSPS) is 17.2. The van der Waals surface area contributed by atoms with Crippen LogP contribution in [0.15, 0.2) is 89.7 Å². The summed E-state index contributed by atoms with van der Waals surface area (Å²) in [5, 5.41) is 13.5. The second-order valence-corrected chi connectivity index (χ2v) is 9.93. The van der Waals surface area contributed by atoms with Crippen LogP contribution in [0.3, 0.4) is 0 Å². The molecule has 5 rings (SSSR count). The predicted molar refractivity (Wildman–Crippen MR) is 159 cm³/mol. The molecule has 3 aromatic carbocycles. The van der Waals surface area contributed by atoms with E-state index in [-0.39, 0.29) is 0 Å². The lowest BCUT2D eigenvalue weighted by Crippen LogP contribution is -2.29. The van der Waals surface area contributed by atoms with E-state index in [2.05, 4.69) is 54.2 Å². The van der Waals surface area contributed by atoms with Crippen LogP contribution in [0.25, 0.3) is 22.0 Å². The minimum Gasteiger partial charge on any atom is -0.493 e. The van der Waals surface area contributed by atoms with Crippen molar-refractivity contribution in [2.45, 2.75) is 53.6 Å². The van der Waals surface area contributed by atoms with Crippen LogP contribution in [-0.4, -0.2) is 22.9 Å². The summed E-state index contributed by atoms with van der Waals surface area (Å²) in [6.45, 7) is 12.7. The molecule has 0 radical (unpaired) electrons. The molecule has 1 N–H and O–H groups in total. The number of nitrogens with zero attached hydrogens (tertiary/aromatic N) is 2. The van der Waals surface area contributed by atoms with Crippen LogP contribution in [0, 0.1) is 12.8 Å². The number of aliphatic imine (C=N–C) groups is 1. The molecule has 4 aromatic rings. The number of aliphatic hydroxyl groups is 1. The summed E-state index contributed by atoms with van der Waals surface area (Å²) >= 11 is 0. The first-order valence-electron chi connectivity index (χ1n) is 13.5. The Balaban J connectivity index is 0.00000164. The van der Waals surface area contributed by atoms with Gasteiger partial charge in [-0.25, -0.2) is 0 Å². The van der Waals surface area contributed by atoms with Crippen LogP contribution in [-0.2, 0) is 12.0 Å². The van der Waals surface area contributed by atoms with Gasteiger partial charge in [0.15, 0.2) is 0 Å². The smallest absolute Gasteiger partial charge is 0.138 e. The first-order chi connectivity index (χ1) is 18.4. The van der Waals surface area contributed by atoms with Gasteiger partial charge in [0, 0.05) is 30.4 Å². The average Bonchev–Trinajstić information content (AvgIpc) is 2.93. The van der Waals surface area contributed by atoms with Crippen molar-refractivity contribution in [2.75, 3.05) is 6.61 Å². The van der Waals surface area contributed by atoms with Crippen molar-refractivity contribution < 1.29 is 9.84 Å². The molecule has 4 nitrogen and oxygen atoms in total. The van der Waals surface area contributed by atoms with Crippen LogP contribution in [0.5, 0.6) is 5.75 Å². The topological polar surface area (TPSA) is 54.7 Å². The Labute approximate surface area is 226 Å². The SMILES string of the molecule is C/C(=C\N=CC(C)C)C1(O)c2ccc(C)c(c2)OCCc2cccc(c2)-c2ccnc3ccc1cc23.CC. The summed E-state index contributed by atoms with van der Waals surface area (Å²) in [6, 6.07) is 22.6. The van der Waals surface area contributed by atoms with Gasteiger partial charge in [0.05, 0.1) is 12.1 Å². The molecule has 2 heterocycles. The predicted octanol–water partition coefficient (Wildman–Crippen LogP) is 8.04. The highest BCUT2D eigenvalue weighted by molar-refractivity contribution is 5.95. The summed E-state index contributed by atoms with van der Waals surface area (Å²) in [7, 11) is 0. The van der Waals surface area contributed by atoms with Gasteiger partial charge in [-0.3, -0.25) is 9.98 Å². The zero-order chi connectivity index (χ0) is 27.3. The molecule has 0 aliphatic carbocycles. The monoisotopic (exact) mass is 506 g/mol. The average molecular weight is 507 g/mol. The Hall–Kier alpha value is -3.76. The second-order valence-electron chi connectivity index (χ2n) is 9.93. The fourth-order valence-electron chi connectivity index (χ4n) is 4.82. The van der Waals surface area contributed by atoms with Crippen molar-refractivity contribution in [1.82, 2.24) is 4.98 Å². The molecule has 1 aromatic heterocycles. The molecular weight excluding hydrogens is 468 g/mol. The third-order valence-corrected chi connectivity index (χ3v) is 6.87. The van der Waals surface area contributed by atoms with Crippen LogP contribution in [0.4, 0.5) is 0 Å². The molecule has 4 heteroatoms. The number of pyridine rings is 1. The number of rotatable bonds is 3. The lowest BCUT2D eigenvalue weighted by atomic mass is 9.79. The van der Waals surface area contributed by atoms with E-state index in [1.165, 1.54) is 5.56 Å². The minimum absolute atomic E-state index is 0.317. The minimum atomic E-state index is -1.40. The molecule has 0 spiro atoms. The maximum Gasteiger partial charge on any atom is 0.138 e. The zero-order valence-electron chi connectivity index (χ0n) is 23.3. The van der Waals surface area contributed by atoms with Gasteiger partial charge in [-0.2, -0.15) is 0 Å². The molecule has 196 valence electrons. The summed E-state index contributed by atoms with van der Waals surface area (Å²) in [5.41, 5.74) is 6.21. The highest BCUT2D eigenvalue weighted by atomic mass is 16.5. The van der Waals surface area contributed by atoms with E-state index in [0.29, 0.717) is 12.5 Å². The van der Waals surface area contributed by atoms with Gasteiger partial charge in [0.2, 0.25) is 0 Å². The molecular formula is C34H38N2O2. The standard InChI is InChI=1S/C32H32N2O2.C2H6/c1-21(2)19-33-20-23(4)32(35)26-10-11-30-29(17-26)28(12-14-34-30)25-7-5-6-24(16-25)13-15-36-31-18-27(32)9-8-22(31)3;1-2/h5-12,14,16-21,35H,13,15H2,1-4H3;1-2H3/b23-20+,33-19?;. The molecule has 6 bridgehead atoms. The maximum absolute atomic E-state index is 12.5. The largest absolute Gasteiger partial charge is 0.493 e. The lowest BCUT2D eigenvalue weighted by Gasteiger charge is -2.31. The van der Waals surface area contributed by atoms with Crippen LogP contribution >= 0.6 is 0 Å². The first-order valence-corrected chi connectivity index (χ1v) is 13.5. The Morgan fingerprint density at radius 2 is 1.79 bits per heavy atom. The Kier molecular flexibility index (Phi) is 8.43. The van der Waals surface area contributed by atoms with Gasteiger partial charge in [-0.1, -0.05) is 70.2 Å². The van der Waals surface area contributed by atoms with Gasteiger partial charge in [0.1, 0.15) is 11.4 Å². The zero-order valence-corrected chi connectivity index (χ0v) is 23.3. The van der Waals surface area contributed by atoms with Crippen molar-refractivity contribution in [3.8, 4) is 16.9 Å². The van der Waals surface area contributed by atoms with E-state index in [1.54, 1.807) is 6.20 Å². The molecule has 38 heavy (non-hydrogen) atoms. The van der Waals surface area contributed by atoms with Gasteiger partial charge in [0.25, 0.3) is 0 Å². The summed E-state index contributed by atoms with van der Waals surface area (Å²) in [5.74, 6) is 1.10. The highest BCUT2D eigenvalue weighted by Gasteiger charge is 2.35. The number of benzene rings is 3. The number of aromatic nitrogens is 1. The third-order valence-electron chi connectivity index (χ3n) is 6.87. The fraction of sp³-hybridized carbons (Fsp3) is 0.294. The maximum atomic E-state index is 12.5. The molecule has 1 aliphatic heterocycles. The van der Waals surface area contributed by atoms with Crippen LogP contribution in [0.2, 0.25) is 0 Å². The first kappa shape index (κ1) is 27.3. The molecule has 1 aliphatic rings. The summed E-state index contributed by atoms with van der Waals surface area (Å²) < 4.78 is 6.25. The number of hydrogen-bond donors (Lipinski definition) is 1. The number of aryl methyl sites for hydroxylation is 1. The molecule has 0 saturated heterocycles. The number of ether oxygens (including phenoxy) is 1. The van der Waals surface area contributed by atoms with E-state index in [0.717, 1.165) is 56.5 Å². The number of hydrogen-bond acceptors (Lipinski definition) is 4. The van der Waals surface area contributed by atoms with E-state index >= 15 is 0 Å². The summed E-state index contributed by atoms with van der Waals surface area (Å²) in [6.07, 6.45) is 6.29. The molecule has 0 fully saturated rings. The van der Waals surface area contributed by atoms with Crippen molar-refractivity contribution >= 4 is 17.1 Å². The van der Waals surface area contributed by atoms with E-state index in [1.807, 2.05) is 76.5 Å². The van der Waals surface area contributed by atoms with E-state index in [4.69, 9.17) is 4.74 Å². The van der Waals surface area contributed by atoms with Crippen molar-refractivity contribution in [3.63, 3.8) is 0 Å². The highest BCUT2D eigenvalue weighted by Crippen LogP contribution is 2.41. The van der Waals surface area contributed by atoms with Gasteiger partial charge in [-0.05, 0) is 83.0 Å². The third kappa shape index (κ3) is 5.41. The fourth-order valence-corrected chi connectivity index (χ4v) is 4.82. The van der Waals surface area contributed by atoms with E-state index in [9.17, 15) is 5.11 Å². The Morgan fingerprint density at radius 1 is 1.03 bits per heavy atom. The molecule has 0 amide bonds. The van der Waals surface area contributed by atoms with Gasteiger partial charge < -0.3 is 9.84 Å². The molecule has 1 atom stereocenters. The van der Waals surface area contributed by atoms with Gasteiger partial charge in [-0.15, -0.1) is 0 Å². The molecule has 0 saturated carbocycles. The van der Waals surface area contributed by atoms with Crippen molar-refractivity contribution in [1.29, 1.82) is 0 Å².